The molecule has 2 unspecified atom stereocenters. The minimum atomic E-state index is -0.283. The van der Waals surface area contributed by atoms with Gasteiger partial charge in [-0.25, -0.2) is 0 Å². The molecule has 2 N–H and O–H groups in total. The summed E-state index contributed by atoms with van der Waals surface area (Å²) in [7, 11) is 0. The highest BCUT2D eigenvalue weighted by molar-refractivity contribution is 4.71. The van der Waals surface area contributed by atoms with E-state index in [2.05, 4.69) is 5.32 Å². The van der Waals surface area contributed by atoms with E-state index in [1.54, 1.807) is 0 Å². The molecule has 0 radical (unpaired) electrons. The molecule has 84 valence electrons. The van der Waals surface area contributed by atoms with Gasteiger partial charge in [-0.05, 0) is 32.2 Å². The van der Waals surface area contributed by atoms with Crippen molar-refractivity contribution in [3.8, 4) is 0 Å². The van der Waals surface area contributed by atoms with Gasteiger partial charge in [-0.3, -0.25) is 0 Å². The van der Waals surface area contributed by atoms with E-state index in [-0.39, 0.29) is 6.10 Å². The van der Waals surface area contributed by atoms with Gasteiger partial charge < -0.3 is 15.2 Å². The standard InChI is InChI=1S/C11H23NO2/c1-2-11(13)9-14-8-6-10-5-3-4-7-12-10/h10-13H,2-9H2,1H3. The van der Waals surface area contributed by atoms with Gasteiger partial charge in [0.2, 0.25) is 0 Å². The number of rotatable bonds is 6. The molecule has 1 fully saturated rings. The Morgan fingerprint density at radius 3 is 3.00 bits per heavy atom. The molecule has 14 heavy (non-hydrogen) atoms. The van der Waals surface area contributed by atoms with Crippen LogP contribution in [0.25, 0.3) is 0 Å². The van der Waals surface area contributed by atoms with Crippen LogP contribution in [0.15, 0.2) is 0 Å². The van der Waals surface area contributed by atoms with Crippen LogP contribution >= 0.6 is 0 Å². The predicted octanol–water partition coefficient (Wildman–Crippen LogP) is 1.31. The molecule has 0 aliphatic carbocycles. The van der Waals surface area contributed by atoms with Crippen molar-refractivity contribution in [1.29, 1.82) is 0 Å². The molecule has 0 aromatic carbocycles. The summed E-state index contributed by atoms with van der Waals surface area (Å²) in [6.45, 7) is 4.39. The van der Waals surface area contributed by atoms with E-state index in [1.165, 1.54) is 19.3 Å². The Morgan fingerprint density at radius 1 is 1.50 bits per heavy atom. The van der Waals surface area contributed by atoms with Crippen molar-refractivity contribution in [2.45, 2.75) is 51.2 Å². The molecule has 3 nitrogen and oxygen atoms in total. The summed E-state index contributed by atoms with van der Waals surface area (Å²) in [6.07, 6.45) is 5.51. The lowest BCUT2D eigenvalue weighted by molar-refractivity contribution is 0.0306. The van der Waals surface area contributed by atoms with E-state index in [4.69, 9.17) is 4.74 Å². The number of hydrogen-bond donors (Lipinski definition) is 2. The fourth-order valence-corrected chi connectivity index (χ4v) is 1.73. The first kappa shape index (κ1) is 12.0. The molecular weight excluding hydrogens is 178 g/mol. The molecule has 1 rings (SSSR count). The molecule has 3 heteroatoms. The Kier molecular flexibility index (Phi) is 6.15. The van der Waals surface area contributed by atoms with E-state index in [0.29, 0.717) is 12.6 Å². The normalized spacial score (nSPS) is 24.9. The third-order valence-electron chi connectivity index (χ3n) is 2.80. The maximum Gasteiger partial charge on any atom is 0.0771 e. The van der Waals surface area contributed by atoms with Crippen molar-refractivity contribution in [2.24, 2.45) is 0 Å². The molecule has 1 saturated heterocycles. The molecule has 0 aromatic heterocycles. The van der Waals surface area contributed by atoms with Crippen LogP contribution in [0, 0.1) is 0 Å². The van der Waals surface area contributed by atoms with E-state index >= 15 is 0 Å². The van der Waals surface area contributed by atoms with Crippen molar-refractivity contribution >= 4 is 0 Å². The van der Waals surface area contributed by atoms with Crippen LogP contribution in [-0.4, -0.2) is 37.0 Å². The summed E-state index contributed by atoms with van der Waals surface area (Å²) in [5, 5.41) is 12.7. The first-order chi connectivity index (χ1) is 6.83. The fraction of sp³-hybridized carbons (Fsp3) is 1.00. The minimum absolute atomic E-state index is 0.283. The number of nitrogens with one attached hydrogen (secondary N) is 1. The van der Waals surface area contributed by atoms with Crippen LogP contribution in [0.1, 0.15) is 39.0 Å². The molecular formula is C11H23NO2. The van der Waals surface area contributed by atoms with E-state index in [1.807, 2.05) is 6.92 Å². The van der Waals surface area contributed by atoms with Gasteiger partial charge in [-0.2, -0.15) is 0 Å². The average molecular weight is 201 g/mol. The average Bonchev–Trinajstić information content (AvgIpc) is 2.25. The number of aliphatic hydroxyl groups is 1. The first-order valence-corrected chi connectivity index (χ1v) is 5.82. The quantitative estimate of drug-likeness (QED) is 0.637. The Balaban J connectivity index is 1.92. The van der Waals surface area contributed by atoms with Crippen LogP contribution in [0.3, 0.4) is 0 Å². The molecule has 0 aromatic rings. The van der Waals surface area contributed by atoms with Crippen LogP contribution in [0.2, 0.25) is 0 Å². The Bertz CT molecular complexity index is 135. The molecule has 1 aliphatic rings. The van der Waals surface area contributed by atoms with Gasteiger partial charge in [0.1, 0.15) is 0 Å². The zero-order valence-electron chi connectivity index (χ0n) is 9.17. The Morgan fingerprint density at radius 2 is 2.36 bits per heavy atom. The fourth-order valence-electron chi connectivity index (χ4n) is 1.73. The summed E-state index contributed by atoms with van der Waals surface area (Å²) < 4.78 is 5.40. The largest absolute Gasteiger partial charge is 0.391 e. The molecule has 0 spiro atoms. The van der Waals surface area contributed by atoms with Crippen LogP contribution < -0.4 is 5.32 Å². The smallest absolute Gasteiger partial charge is 0.0771 e. The van der Waals surface area contributed by atoms with Gasteiger partial charge in [0, 0.05) is 12.6 Å². The third kappa shape index (κ3) is 4.94. The molecule has 0 bridgehead atoms. The minimum Gasteiger partial charge on any atom is -0.391 e. The summed E-state index contributed by atoms with van der Waals surface area (Å²) in [6, 6.07) is 0.641. The number of ether oxygens (including phenoxy) is 1. The highest BCUT2D eigenvalue weighted by Gasteiger charge is 2.11. The van der Waals surface area contributed by atoms with Gasteiger partial charge in [0.15, 0.2) is 0 Å². The predicted molar refractivity (Wildman–Crippen MR) is 57.4 cm³/mol. The van der Waals surface area contributed by atoms with Gasteiger partial charge in [0.05, 0.1) is 12.7 Å². The van der Waals surface area contributed by atoms with Crippen molar-refractivity contribution in [3.63, 3.8) is 0 Å². The first-order valence-electron chi connectivity index (χ1n) is 5.82. The molecule has 0 amide bonds. The van der Waals surface area contributed by atoms with Gasteiger partial charge in [-0.15, -0.1) is 0 Å². The van der Waals surface area contributed by atoms with Gasteiger partial charge >= 0.3 is 0 Å². The van der Waals surface area contributed by atoms with E-state index in [0.717, 1.165) is 26.0 Å². The maximum absolute atomic E-state index is 9.25. The summed E-state index contributed by atoms with van der Waals surface area (Å²) in [4.78, 5) is 0. The number of piperidine rings is 1. The van der Waals surface area contributed by atoms with Crippen LogP contribution in [0.5, 0.6) is 0 Å². The number of hydrogen-bond acceptors (Lipinski definition) is 3. The highest BCUT2D eigenvalue weighted by atomic mass is 16.5. The molecule has 2 atom stereocenters. The summed E-state index contributed by atoms with van der Waals surface area (Å²) >= 11 is 0. The zero-order chi connectivity index (χ0) is 10.2. The van der Waals surface area contributed by atoms with Gasteiger partial charge in [0.25, 0.3) is 0 Å². The molecule has 1 aliphatic heterocycles. The lowest BCUT2D eigenvalue weighted by Gasteiger charge is -2.23. The monoisotopic (exact) mass is 201 g/mol. The zero-order valence-corrected chi connectivity index (χ0v) is 9.17. The second-order valence-electron chi connectivity index (χ2n) is 4.07. The van der Waals surface area contributed by atoms with Crippen molar-refractivity contribution in [3.05, 3.63) is 0 Å². The van der Waals surface area contributed by atoms with E-state index < -0.39 is 0 Å². The lowest BCUT2D eigenvalue weighted by Crippen LogP contribution is -2.35. The number of aliphatic hydroxyl groups excluding tert-OH is 1. The van der Waals surface area contributed by atoms with Crippen LogP contribution in [-0.2, 0) is 4.74 Å². The highest BCUT2D eigenvalue weighted by Crippen LogP contribution is 2.09. The van der Waals surface area contributed by atoms with Crippen molar-refractivity contribution in [2.75, 3.05) is 19.8 Å². The molecule has 1 heterocycles. The topological polar surface area (TPSA) is 41.5 Å². The Labute approximate surface area is 86.8 Å². The second-order valence-corrected chi connectivity index (χ2v) is 4.07. The van der Waals surface area contributed by atoms with Crippen molar-refractivity contribution in [1.82, 2.24) is 5.32 Å². The lowest BCUT2D eigenvalue weighted by atomic mass is 10.0. The van der Waals surface area contributed by atoms with Crippen LogP contribution in [0.4, 0.5) is 0 Å². The second kappa shape index (κ2) is 7.21. The Hall–Kier alpha value is -0.120. The van der Waals surface area contributed by atoms with E-state index in [9.17, 15) is 5.11 Å². The van der Waals surface area contributed by atoms with Gasteiger partial charge in [-0.1, -0.05) is 13.3 Å². The summed E-state index contributed by atoms with van der Waals surface area (Å²) in [5.74, 6) is 0. The third-order valence-corrected chi connectivity index (χ3v) is 2.80. The maximum atomic E-state index is 9.25. The molecule has 0 saturated carbocycles. The van der Waals surface area contributed by atoms with Crippen molar-refractivity contribution < 1.29 is 9.84 Å². The SMILES string of the molecule is CCC(O)COCCC1CCCCN1. The summed E-state index contributed by atoms with van der Waals surface area (Å²) in [5.41, 5.74) is 0.